The highest BCUT2D eigenvalue weighted by Gasteiger charge is 2.15. The quantitative estimate of drug-likeness (QED) is 0.831. The van der Waals surface area contributed by atoms with Crippen LogP contribution in [-0.4, -0.2) is 36.2 Å². The number of ether oxygens (including phenoxy) is 1. The van der Waals surface area contributed by atoms with Crippen molar-refractivity contribution in [2.45, 2.75) is 20.0 Å². The Balaban J connectivity index is 0.00000154. The zero-order chi connectivity index (χ0) is 14.8. The molecular weight excluding hydrogens is 240 g/mol. The summed E-state index contributed by atoms with van der Waals surface area (Å²) < 4.78 is 4.97. The summed E-state index contributed by atoms with van der Waals surface area (Å²) in [7, 11) is 5.30. The fraction of sp³-hybridized carbons (Fsp3) is 0.400. The van der Waals surface area contributed by atoms with Crippen LogP contribution in [0.1, 0.15) is 25.5 Å². The maximum atomic E-state index is 10.2. The van der Waals surface area contributed by atoms with Crippen molar-refractivity contribution in [1.82, 2.24) is 9.88 Å². The molecule has 0 radical (unpaired) electrons. The summed E-state index contributed by atoms with van der Waals surface area (Å²) >= 11 is 0. The number of nitrogens with zero attached hydrogens (tertiary/aromatic N) is 2. The summed E-state index contributed by atoms with van der Waals surface area (Å²) in [5.41, 5.74) is 1.47. The highest BCUT2D eigenvalue weighted by Crippen LogP contribution is 2.23. The number of likely N-dealkylation sites (N-methyl/N-ethyl adjacent to an activating group) is 1. The van der Waals surface area contributed by atoms with Gasteiger partial charge >= 0.3 is 0 Å². The number of aliphatic hydroxyl groups excluding tert-OH is 1. The van der Waals surface area contributed by atoms with E-state index in [9.17, 15) is 5.11 Å². The van der Waals surface area contributed by atoms with Gasteiger partial charge in [-0.25, -0.2) is 4.98 Å². The Morgan fingerprint density at radius 2 is 2.05 bits per heavy atom. The molecule has 0 amide bonds. The first-order valence-electron chi connectivity index (χ1n) is 6.28. The highest BCUT2D eigenvalue weighted by atomic mass is 16.5. The topological polar surface area (TPSA) is 45.6 Å². The molecule has 1 aromatic rings. The van der Waals surface area contributed by atoms with E-state index in [4.69, 9.17) is 4.74 Å². The van der Waals surface area contributed by atoms with Crippen LogP contribution in [0.3, 0.4) is 0 Å². The highest BCUT2D eigenvalue weighted by molar-refractivity contribution is 5.27. The minimum atomic E-state index is -0.721. The molecule has 19 heavy (non-hydrogen) atoms. The Morgan fingerprint density at radius 1 is 1.42 bits per heavy atom. The van der Waals surface area contributed by atoms with Crippen molar-refractivity contribution >= 4 is 0 Å². The predicted molar refractivity (Wildman–Crippen MR) is 79.1 cm³/mol. The molecule has 0 saturated heterocycles. The van der Waals surface area contributed by atoms with Gasteiger partial charge in [0.05, 0.1) is 7.11 Å². The van der Waals surface area contributed by atoms with Gasteiger partial charge in [0, 0.05) is 37.6 Å². The second-order valence-corrected chi connectivity index (χ2v) is 3.76. The average Bonchev–Trinajstić information content (AvgIpc) is 2.46. The summed E-state index contributed by atoms with van der Waals surface area (Å²) in [6.07, 6.45) is 4.30. The third-order valence-electron chi connectivity index (χ3n) is 2.37. The van der Waals surface area contributed by atoms with Crippen molar-refractivity contribution in [1.29, 1.82) is 0 Å². The van der Waals surface area contributed by atoms with E-state index in [0.717, 1.165) is 5.70 Å². The van der Waals surface area contributed by atoms with Gasteiger partial charge in [-0.2, -0.15) is 0 Å². The number of rotatable bonds is 5. The SMILES string of the molecule is C=C/C=C(/C(O)c1ccc(OC)nc1)N(C)C.CC. The number of hydrogen-bond donors (Lipinski definition) is 1. The first-order valence-corrected chi connectivity index (χ1v) is 6.28. The number of aliphatic hydroxyl groups is 1. The van der Waals surface area contributed by atoms with Crippen LogP contribution in [0.15, 0.2) is 42.8 Å². The molecule has 4 heteroatoms. The number of hydrogen-bond acceptors (Lipinski definition) is 4. The Bertz CT molecular complexity index is 397. The van der Waals surface area contributed by atoms with Crippen molar-refractivity contribution in [2.75, 3.05) is 21.2 Å². The van der Waals surface area contributed by atoms with Gasteiger partial charge in [-0.1, -0.05) is 26.5 Å². The lowest BCUT2D eigenvalue weighted by Gasteiger charge is -2.22. The van der Waals surface area contributed by atoms with Gasteiger partial charge in [-0.05, 0) is 12.1 Å². The molecule has 0 spiro atoms. The Labute approximate surface area is 116 Å². The summed E-state index contributed by atoms with van der Waals surface area (Å²) in [5, 5.41) is 10.2. The molecule has 1 aromatic heterocycles. The van der Waals surface area contributed by atoms with Gasteiger partial charge in [0.15, 0.2) is 0 Å². The third kappa shape index (κ3) is 5.14. The number of pyridine rings is 1. The lowest BCUT2D eigenvalue weighted by Crippen LogP contribution is -2.18. The van der Waals surface area contributed by atoms with Crippen LogP contribution in [0.4, 0.5) is 0 Å². The zero-order valence-electron chi connectivity index (χ0n) is 12.4. The number of allylic oxidation sites excluding steroid dienone is 2. The molecule has 1 N–H and O–H groups in total. The summed E-state index contributed by atoms with van der Waals surface area (Å²) in [5.74, 6) is 0.528. The first-order chi connectivity index (χ1) is 9.10. The standard InChI is InChI=1S/C13H18N2O2.C2H6/c1-5-6-11(15(2)3)13(16)10-7-8-12(17-4)14-9-10;1-2/h5-9,13,16H,1H2,2-4H3;1-2H3/b11-6-;. The summed E-state index contributed by atoms with van der Waals surface area (Å²) in [6.45, 7) is 7.64. The van der Waals surface area contributed by atoms with Gasteiger partial charge in [0.25, 0.3) is 0 Å². The minimum absolute atomic E-state index is 0.528. The van der Waals surface area contributed by atoms with Gasteiger partial charge < -0.3 is 14.7 Å². The van der Waals surface area contributed by atoms with Crippen LogP contribution in [0.25, 0.3) is 0 Å². The summed E-state index contributed by atoms with van der Waals surface area (Å²) in [4.78, 5) is 5.91. The molecule has 1 heterocycles. The van der Waals surface area contributed by atoms with E-state index in [0.29, 0.717) is 11.4 Å². The van der Waals surface area contributed by atoms with E-state index < -0.39 is 6.10 Å². The molecular formula is C15H24N2O2. The smallest absolute Gasteiger partial charge is 0.212 e. The fourth-order valence-electron chi connectivity index (χ4n) is 1.45. The van der Waals surface area contributed by atoms with E-state index in [-0.39, 0.29) is 0 Å². The second kappa shape index (κ2) is 9.16. The Kier molecular flexibility index (Phi) is 8.29. The van der Waals surface area contributed by atoms with E-state index in [1.165, 1.54) is 0 Å². The molecule has 1 rings (SSSR count). The van der Waals surface area contributed by atoms with Crippen molar-refractivity contribution < 1.29 is 9.84 Å². The van der Waals surface area contributed by atoms with Crippen LogP contribution >= 0.6 is 0 Å². The molecule has 0 aliphatic rings. The van der Waals surface area contributed by atoms with Crippen molar-refractivity contribution in [2.24, 2.45) is 0 Å². The van der Waals surface area contributed by atoms with Gasteiger partial charge in [0.2, 0.25) is 5.88 Å². The maximum Gasteiger partial charge on any atom is 0.212 e. The molecule has 0 fully saturated rings. The van der Waals surface area contributed by atoms with Crippen molar-refractivity contribution in [3.05, 3.63) is 48.3 Å². The van der Waals surface area contributed by atoms with Crippen LogP contribution in [0, 0.1) is 0 Å². The van der Waals surface area contributed by atoms with Gasteiger partial charge in [-0.3, -0.25) is 0 Å². The Hall–Kier alpha value is -1.81. The first kappa shape index (κ1) is 17.2. The summed E-state index contributed by atoms with van der Waals surface area (Å²) in [6, 6.07) is 3.51. The molecule has 0 aliphatic carbocycles. The molecule has 0 saturated carbocycles. The lowest BCUT2D eigenvalue weighted by molar-refractivity contribution is 0.182. The van der Waals surface area contributed by atoms with E-state index in [2.05, 4.69) is 11.6 Å². The van der Waals surface area contributed by atoms with Crippen LogP contribution < -0.4 is 4.74 Å². The molecule has 4 nitrogen and oxygen atoms in total. The predicted octanol–water partition coefficient (Wildman–Crippen LogP) is 2.78. The largest absolute Gasteiger partial charge is 0.481 e. The molecule has 0 aromatic carbocycles. The molecule has 0 bridgehead atoms. The molecule has 106 valence electrons. The van der Waals surface area contributed by atoms with Crippen molar-refractivity contribution in [3.8, 4) is 5.88 Å². The fourth-order valence-corrected chi connectivity index (χ4v) is 1.45. The third-order valence-corrected chi connectivity index (χ3v) is 2.37. The van der Waals surface area contributed by atoms with Crippen LogP contribution in [0.2, 0.25) is 0 Å². The van der Waals surface area contributed by atoms with Crippen molar-refractivity contribution in [3.63, 3.8) is 0 Å². The number of aromatic nitrogens is 1. The monoisotopic (exact) mass is 264 g/mol. The lowest BCUT2D eigenvalue weighted by atomic mass is 10.1. The van der Waals surface area contributed by atoms with Gasteiger partial charge in [0.1, 0.15) is 6.10 Å². The zero-order valence-corrected chi connectivity index (χ0v) is 12.4. The second-order valence-electron chi connectivity index (χ2n) is 3.76. The number of methoxy groups -OCH3 is 1. The normalized spacial score (nSPS) is 12.0. The van der Waals surface area contributed by atoms with E-state index in [1.54, 1.807) is 37.6 Å². The van der Waals surface area contributed by atoms with Gasteiger partial charge in [-0.15, -0.1) is 0 Å². The van der Waals surface area contributed by atoms with E-state index in [1.807, 2.05) is 32.8 Å². The minimum Gasteiger partial charge on any atom is -0.481 e. The van der Waals surface area contributed by atoms with Crippen LogP contribution in [0.5, 0.6) is 5.88 Å². The molecule has 0 aliphatic heterocycles. The molecule has 1 atom stereocenters. The van der Waals surface area contributed by atoms with E-state index >= 15 is 0 Å². The molecule has 1 unspecified atom stereocenters. The maximum absolute atomic E-state index is 10.2. The Morgan fingerprint density at radius 3 is 2.42 bits per heavy atom. The average molecular weight is 264 g/mol. The van der Waals surface area contributed by atoms with Crippen LogP contribution in [-0.2, 0) is 0 Å².